The fourth-order valence-electron chi connectivity index (χ4n) is 4.04. The first-order valence-electron chi connectivity index (χ1n) is 14.0. The van der Waals surface area contributed by atoms with Crippen LogP contribution in [0.1, 0.15) is 53.2 Å². The minimum absolute atomic E-state index is 0.0351. The molecule has 0 fully saturated rings. The molecular formula is C30H29Cl3N8O5S. The van der Waals surface area contributed by atoms with Gasteiger partial charge >= 0.3 is 5.91 Å². The van der Waals surface area contributed by atoms with E-state index >= 15 is 0 Å². The summed E-state index contributed by atoms with van der Waals surface area (Å²) >= 11 is 19.3. The second kappa shape index (κ2) is 17.6. The van der Waals surface area contributed by atoms with Crippen molar-refractivity contribution in [2.75, 3.05) is 17.1 Å². The molecule has 2 aromatic heterocycles. The van der Waals surface area contributed by atoms with E-state index < -0.39 is 17.6 Å². The van der Waals surface area contributed by atoms with E-state index in [-0.39, 0.29) is 18.6 Å². The molecule has 1 unspecified atom stereocenters. The molecule has 0 aliphatic carbocycles. The van der Waals surface area contributed by atoms with Gasteiger partial charge in [-0.05, 0) is 42.8 Å². The standard InChI is InChI=1S/C24H22Cl3N5O4S.C6H7N3O/c1-2-9-37-24-29-28-22(32(24)30-23(34)19(33)12-25)13-35-20-6-4-3-5-16(20)18-11-21(36-31-18)15-8-7-14(26)10-17(15)27;7-9-6(10)5-1-3-8-4-2-5/h3-8,10,21H,2,9,11-13H2,1H3,(H,30,34);1-4H,7H2,(H,9,10). The number of amides is 2. The SMILES string of the molecule is CCCSc1nnc(COc2ccccc2C2=NOC(c3ccc(Cl)cc3Cl)C2)n1NC(=O)C(=O)CCl.NNC(=O)c1ccncc1. The number of ether oxygens (including phenoxy) is 1. The van der Waals surface area contributed by atoms with Crippen LogP contribution < -0.4 is 21.4 Å². The number of nitrogens with two attached hydrogens (primary N) is 1. The van der Waals surface area contributed by atoms with Gasteiger partial charge in [0.15, 0.2) is 11.9 Å². The molecule has 0 radical (unpaired) electrons. The second-order valence-electron chi connectivity index (χ2n) is 9.58. The van der Waals surface area contributed by atoms with E-state index in [4.69, 9.17) is 50.2 Å². The first kappa shape index (κ1) is 35.6. The van der Waals surface area contributed by atoms with Gasteiger partial charge in [-0.1, -0.05) is 65.2 Å². The molecule has 0 saturated heterocycles. The lowest BCUT2D eigenvalue weighted by molar-refractivity contribution is -0.133. The van der Waals surface area contributed by atoms with Crippen molar-refractivity contribution >= 4 is 69.9 Å². The fourth-order valence-corrected chi connectivity index (χ4v) is 5.46. The van der Waals surface area contributed by atoms with E-state index in [9.17, 15) is 14.4 Å². The van der Waals surface area contributed by atoms with E-state index in [1.165, 1.54) is 28.8 Å². The van der Waals surface area contributed by atoms with Crippen molar-refractivity contribution in [1.29, 1.82) is 0 Å². The van der Waals surface area contributed by atoms with Crippen molar-refractivity contribution in [1.82, 2.24) is 25.3 Å². The number of hydrazine groups is 1. The number of alkyl halides is 1. The Kier molecular flexibility index (Phi) is 13.4. The summed E-state index contributed by atoms with van der Waals surface area (Å²) in [5.74, 6) is 4.11. The normalized spacial score (nSPS) is 13.5. The van der Waals surface area contributed by atoms with Gasteiger partial charge in [0.1, 0.15) is 12.4 Å². The van der Waals surface area contributed by atoms with E-state index in [0.29, 0.717) is 44.5 Å². The number of nitrogens with zero attached hydrogens (tertiary/aromatic N) is 5. The number of thioether (sulfide) groups is 1. The smallest absolute Gasteiger partial charge is 0.307 e. The number of hydrogen-bond acceptors (Lipinski definition) is 11. The van der Waals surface area contributed by atoms with Gasteiger partial charge in [0, 0.05) is 51.3 Å². The number of ketones is 1. The zero-order chi connectivity index (χ0) is 33.8. The summed E-state index contributed by atoms with van der Waals surface area (Å²) in [6.45, 7) is 1.98. The van der Waals surface area contributed by atoms with Crippen molar-refractivity contribution in [3.05, 3.63) is 99.6 Å². The lowest BCUT2D eigenvalue weighted by Gasteiger charge is -2.13. The number of benzene rings is 2. The number of hydrogen-bond donors (Lipinski definition) is 3. The molecule has 4 N–H and O–H groups in total. The van der Waals surface area contributed by atoms with E-state index in [1.807, 2.05) is 36.6 Å². The van der Waals surface area contributed by atoms with Crippen molar-refractivity contribution in [2.24, 2.45) is 11.0 Å². The molecule has 1 aliphatic rings. The van der Waals surface area contributed by atoms with Gasteiger partial charge < -0.3 is 9.57 Å². The van der Waals surface area contributed by atoms with Crippen LogP contribution in [0.3, 0.4) is 0 Å². The molecule has 1 aliphatic heterocycles. The molecule has 0 spiro atoms. The highest BCUT2D eigenvalue weighted by Crippen LogP contribution is 2.36. The number of Topliss-reactive ketones (excluding diaryl/α,β-unsaturated/α-hetero) is 1. The zero-order valence-corrected chi connectivity index (χ0v) is 27.9. The van der Waals surface area contributed by atoms with Crippen molar-refractivity contribution in [3.63, 3.8) is 0 Å². The molecule has 47 heavy (non-hydrogen) atoms. The third-order valence-electron chi connectivity index (χ3n) is 6.33. The molecule has 2 amide bonds. The molecule has 4 aromatic rings. The maximum atomic E-state index is 12.2. The van der Waals surface area contributed by atoms with Gasteiger partial charge in [0.05, 0.1) is 11.6 Å². The summed E-state index contributed by atoms with van der Waals surface area (Å²) in [7, 11) is 0. The van der Waals surface area contributed by atoms with Gasteiger partial charge in [-0.25, -0.2) is 10.5 Å². The van der Waals surface area contributed by atoms with Crippen LogP contribution in [0.4, 0.5) is 0 Å². The Morgan fingerprint density at radius 1 is 1.11 bits per heavy atom. The second-order valence-corrected chi connectivity index (χ2v) is 11.7. The van der Waals surface area contributed by atoms with Crippen LogP contribution in [0.15, 0.2) is 77.3 Å². The summed E-state index contributed by atoms with van der Waals surface area (Å²) in [4.78, 5) is 44.1. The van der Waals surface area contributed by atoms with Crippen LogP contribution in [-0.4, -0.2) is 54.8 Å². The summed E-state index contributed by atoms with van der Waals surface area (Å²) in [5.41, 5.74) is 7.25. The average Bonchev–Trinajstić information content (AvgIpc) is 3.73. The van der Waals surface area contributed by atoms with E-state index in [2.05, 4.69) is 25.8 Å². The molecule has 0 bridgehead atoms. The number of carbonyl (C=O) groups excluding carboxylic acids is 3. The van der Waals surface area contributed by atoms with Crippen LogP contribution in [-0.2, 0) is 21.0 Å². The maximum Gasteiger partial charge on any atom is 0.307 e. The van der Waals surface area contributed by atoms with E-state index in [1.54, 1.807) is 30.3 Å². The molecule has 17 heteroatoms. The van der Waals surface area contributed by atoms with Gasteiger partial charge in [-0.3, -0.25) is 30.2 Å². The van der Waals surface area contributed by atoms with Crippen LogP contribution in [0.2, 0.25) is 10.0 Å². The molecule has 0 saturated carbocycles. The number of halogens is 3. The third kappa shape index (κ3) is 9.65. The highest BCUT2D eigenvalue weighted by molar-refractivity contribution is 7.99. The van der Waals surface area contributed by atoms with Crippen LogP contribution >= 0.6 is 46.6 Å². The number of nitrogens with one attached hydrogen (secondary N) is 2. The highest BCUT2D eigenvalue weighted by atomic mass is 35.5. The average molecular weight is 720 g/mol. The van der Waals surface area contributed by atoms with Gasteiger partial charge in [-0.15, -0.1) is 21.8 Å². The number of oxime groups is 1. The largest absolute Gasteiger partial charge is 0.485 e. The third-order valence-corrected chi connectivity index (χ3v) is 8.27. The first-order valence-corrected chi connectivity index (χ1v) is 16.3. The quantitative estimate of drug-likeness (QED) is 0.0446. The van der Waals surface area contributed by atoms with Crippen LogP contribution in [0, 0.1) is 0 Å². The van der Waals surface area contributed by atoms with Gasteiger partial charge in [-0.2, -0.15) is 0 Å². The Balaban J connectivity index is 0.000000427. The lowest BCUT2D eigenvalue weighted by Crippen LogP contribution is -2.32. The van der Waals surface area contributed by atoms with E-state index in [0.717, 1.165) is 23.3 Å². The number of carbonyl (C=O) groups is 3. The Hall–Kier alpha value is -4.21. The molecule has 5 rings (SSSR count). The van der Waals surface area contributed by atoms with Crippen molar-refractivity contribution < 1.29 is 24.0 Å². The number of pyridine rings is 1. The predicted octanol–water partition coefficient (Wildman–Crippen LogP) is 5.09. The molecule has 2 aromatic carbocycles. The maximum absolute atomic E-state index is 12.2. The summed E-state index contributed by atoms with van der Waals surface area (Å²) in [6, 6.07) is 15.8. The lowest BCUT2D eigenvalue weighted by atomic mass is 9.99. The topological polar surface area (TPSA) is 176 Å². The zero-order valence-electron chi connectivity index (χ0n) is 24.9. The molecule has 13 nitrogen and oxygen atoms in total. The number of para-hydroxylation sites is 1. The molecule has 3 heterocycles. The van der Waals surface area contributed by atoms with Crippen LogP contribution in [0.25, 0.3) is 0 Å². The molecule has 246 valence electrons. The summed E-state index contributed by atoms with van der Waals surface area (Å²) in [6.07, 6.45) is 4.07. The highest BCUT2D eigenvalue weighted by Gasteiger charge is 2.28. The van der Waals surface area contributed by atoms with Crippen LogP contribution in [0.5, 0.6) is 5.75 Å². The number of rotatable bonds is 12. The first-order chi connectivity index (χ1) is 22.7. The minimum Gasteiger partial charge on any atom is -0.485 e. The van der Waals surface area contributed by atoms with Gasteiger partial charge in [0.25, 0.3) is 5.91 Å². The predicted molar refractivity (Wildman–Crippen MR) is 179 cm³/mol. The minimum atomic E-state index is -0.862. The Labute approximate surface area is 289 Å². The van der Waals surface area contributed by atoms with Gasteiger partial charge in [0.2, 0.25) is 10.9 Å². The Morgan fingerprint density at radius 3 is 2.57 bits per heavy atom. The summed E-state index contributed by atoms with van der Waals surface area (Å²) < 4.78 is 7.42. The van der Waals surface area contributed by atoms with Crippen molar-refractivity contribution in [3.8, 4) is 5.75 Å². The molecular weight excluding hydrogens is 691 g/mol. The monoisotopic (exact) mass is 718 g/mol. The van der Waals surface area contributed by atoms with Crippen molar-refractivity contribution in [2.45, 2.75) is 37.6 Å². The fraction of sp³-hybridized carbons (Fsp3) is 0.233. The summed E-state index contributed by atoms with van der Waals surface area (Å²) in [5, 5.41) is 14.0. The number of nitrogen functional groups attached to an aromatic ring is 1. The molecule has 1 atom stereocenters. The Bertz CT molecular complexity index is 1740. The Morgan fingerprint density at radius 2 is 1.87 bits per heavy atom. The number of aromatic nitrogens is 4.